The van der Waals surface area contributed by atoms with E-state index in [1.165, 1.54) is 4.90 Å². The van der Waals surface area contributed by atoms with Gasteiger partial charge in [0.15, 0.2) is 6.23 Å². The van der Waals surface area contributed by atoms with Crippen LogP contribution in [0.4, 0.5) is 4.79 Å². The molecule has 3 amide bonds. The summed E-state index contributed by atoms with van der Waals surface area (Å²) in [5.74, 6) is -0.263. The van der Waals surface area contributed by atoms with Crippen molar-refractivity contribution in [3.8, 4) is 5.75 Å². The first-order valence-corrected chi connectivity index (χ1v) is 13.6. The lowest BCUT2D eigenvalue weighted by Gasteiger charge is -2.53. The molecule has 0 aromatic heterocycles. The molecule has 1 aliphatic heterocycles. The minimum atomic E-state index is -0.817. The summed E-state index contributed by atoms with van der Waals surface area (Å²) in [6.07, 6.45) is 2.51. The molecule has 0 aliphatic carbocycles. The Morgan fingerprint density at radius 1 is 1.00 bits per heavy atom. The summed E-state index contributed by atoms with van der Waals surface area (Å²) in [4.78, 5) is 40.5. The summed E-state index contributed by atoms with van der Waals surface area (Å²) in [7, 11) is 0. The highest BCUT2D eigenvalue weighted by Crippen LogP contribution is 2.46. The lowest BCUT2D eigenvalue weighted by atomic mass is 9.72. The first kappa shape index (κ1) is 28.6. The van der Waals surface area contributed by atoms with Crippen LogP contribution in [0.2, 0.25) is 0 Å². The van der Waals surface area contributed by atoms with Gasteiger partial charge in [-0.2, -0.15) is 0 Å². The van der Waals surface area contributed by atoms with Gasteiger partial charge in [-0.3, -0.25) is 4.79 Å². The van der Waals surface area contributed by atoms with Crippen LogP contribution in [0.5, 0.6) is 5.75 Å². The van der Waals surface area contributed by atoms with E-state index >= 15 is 0 Å². The summed E-state index contributed by atoms with van der Waals surface area (Å²) < 4.78 is 11.7. The Morgan fingerprint density at radius 3 is 2.25 bits per heavy atom. The van der Waals surface area contributed by atoms with Crippen molar-refractivity contribution in [2.45, 2.75) is 58.9 Å². The van der Waals surface area contributed by atoms with Crippen molar-refractivity contribution in [1.82, 2.24) is 10.2 Å². The van der Waals surface area contributed by atoms with Crippen molar-refractivity contribution in [3.05, 3.63) is 114 Å². The molecular weight excluding hydrogens is 504 g/mol. The van der Waals surface area contributed by atoms with Crippen molar-refractivity contribution in [3.63, 3.8) is 0 Å². The van der Waals surface area contributed by atoms with Gasteiger partial charge < -0.3 is 14.8 Å². The molecule has 0 bridgehead atoms. The predicted octanol–water partition coefficient (Wildman–Crippen LogP) is 6.73. The second kappa shape index (κ2) is 12.6. The Bertz CT molecular complexity index is 1330. The van der Waals surface area contributed by atoms with E-state index in [1.54, 1.807) is 30.3 Å². The molecule has 2 atom stereocenters. The van der Waals surface area contributed by atoms with Gasteiger partial charge in [-0.15, -0.1) is 6.58 Å². The number of rotatable bonds is 11. The molecule has 0 saturated carbocycles. The van der Waals surface area contributed by atoms with E-state index in [0.717, 1.165) is 16.7 Å². The fourth-order valence-electron chi connectivity index (χ4n) is 4.97. The molecule has 0 radical (unpaired) electrons. The highest BCUT2D eigenvalue weighted by molar-refractivity contribution is 6.03. The summed E-state index contributed by atoms with van der Waals surface area (Å²) in [5, 5.41) is 2.99. The standard InChI is InChI=1S/C33H36N2O5/c1-5-11-28(25-16-14-23(4)15-17-25)34-32(38)35-30(37)33(6-2,7-3)31(35)40-27-20-18-26(19-21-27)29(36)39-22-24-12-9-8-10-13-24/h5,8-10,12-21,28,31H,1,6-7,11,22H2,2-4H3,(H,34,38)/t28-,31+/m1/s1. The third kappa shape index (κ3) is 5.93. The van der Waals surface area contributed by atoms with Gasteiger partial charge in [0.05, 0.1) is 11.6 Å². The largest absolute Gasteiger partial charge is 0.469 e. The molecule has 0 unspecified atom stereocenters. The van der Waals surface area contributed by atoms with Crippen molar-refractivity contribution in [2.24, 2.45) is 5.41 Å². The van der Waals surface area contributed by atoms with Gasteiger partial charge in [0.2, 0.25) is 5.91 Å². The Hall–Kier alpha value is -4.39. The van der Waals surface area contributed by atoms with Gasteiger partial charge in [0.25, 0.3) is 0 Å². The normalized spacial score (nSPS) is 16.4. The second-order valence-electron chi connectivity index (χ2n) is 10.0. The summed E-state index contributed by atoms with van der Waals surface area (Å²) in [6.45, 7) is 9.85. The maximum atomic E-state index is 13.4. The molecule has 3 aromatic carbocycles. The number of urea groups is 1. The molecule has 7 heteroatoms. The Labute approximate surface area is 235 Å². The van der Waals surface area contributed by atoms with Crippen molar-refractivity contribution in [1.29, 1.82) is 0 Å². The zero-order valence-electron chi connectivity index (χ0n) is 23.3. The predicted molar refractivity (Wildman–Crippen MR) is 154 cm³/mol. The molecule has 40 heavy (non-hydrogen) atoms. The number of nitrogens with one attached hydrogen (secondary N) is 1. The number of carbonyl (C=O) groups is 3. The minimum Gasteiger partial charge on any atom is -0.469 e. The summed E-state index contributed by atoms with van der Waals surface area (Å²) in [6, 6.07) is 23.0. The maximum absolute atomic E-state index is 13.4. The fourth-order valence-corrected chi connectivity index (χ4v) is 4.97. The van der Waals surface area contributed by atoms with Crippen molar-refractivity contribution >= 4 is 17.9 Å². The van der Waals surface area contributed by atoms with Crippen LogP contribution in [-0.2, 0) is 16.1 Å². The van der Waals surface area contributed by atoms with Crippen LogP contribution in [0.1, 0.15) is 66.2 Å². The van der Waals surface area contributed by atoms with Crippen LogP contribution in [0, 0.1) is 12.3 Å². The quantitative estimate of drug-likeness (QED) is 0.166. The molecule has 1 saturated heterocycles. The number of hydrogen-bond acceptors (Lipinski definition) is 5. The molecule has 7 nitrogen and oxygen atoms in total. The number of esters is 1. The lowest BCUT2D eigenvalue weighted by molar-refractivity contribution is -0.191. The highest BCUT2D eigenvalue weighted by atomic mass is 16.5. The third-order valence-electron chi connectivity index (χ3n) is 7.56. The summed E-state index contributed by atoms with van der Waals surface area (Å²) >= 11 is 0. The first-order valence-electron chi connectivity index (χ1n) is 13.6. The van der Waals surface area contributed by atoms with E-state index < -0.39 is 23.6 Å². The zero-order chi connectivity index (χ0) is 28.7. The average molecular weight is 541 g/mol. The van der Waals surface area contributed by atoms with E-state index in [9.17, 15) is 14.4 Å². The minimum absolute atomic E-state index is 0.178. The van der Waals surface area contributed by atoms with Crippen LogP contribution in [0.25, 0.3) is 0 Å². The lowest BCUT2D eigenvalue weighted by Crippen LogP contribution is -2.73. The molecule has 1 N–H and O–H groups in total. The number of likely N-dealkylation sites (tertiary alicyclic amines) is 1. The van der Waals surface area contributed by atoms with E-state index in [1.807, 2.05) is 75.4 Å². The first-order chi connectivity index (χ1) is 19.3. The molecule has 1 aliphatic rings. The monoisotopic (exact) mass is 540 g/mol. The number of hydrogen-bond donors (Lipinski definition) is 1. The Balaban J connectivity index is 1.47. The zero-order valence-corrected chi connectivity index (χ0v) is 23.3. The molecule has 4 rings (SSSR count). The molecule has 208 valence electrons. The molecule has 3 aromatic rings. The van der Waals surface area contributed by atoms with Gasteiger partial charge in [-0.25, -0.2) is 14.5 Å². The SMILES string of the molecule is C=CC[C@@H](NC(=O)N1C(=O)C(CC)(CC)[C@@H]1Oc1ccc(C(=O)OCc2ccccc2)cc1)c1ccc(C)cc1. The van der Waals surface area contributed by atoms with Gasteiger partial charge in [0.1, 0.15) is 17.8 Å². The number of aryl methyl sites for hydroxylation is 1. The van der Waals surface area contributed by atoms with E-state index in [0.29, 0.717) is 30.6 Å². The maximum Gasteiger partial charge on any atom is 0.338 e. The number of imide groups is 1. The second-order valence-corrected chi connectivity index (χ2v) is 10.0. The topological polar surface area (TPSA) is 84.9 Å². The van der Waals surface area contributed by atoms with Gasteiger partial charge in [-0.05, 0) is 61.6 Å². The van der Waals surface area contributed by atoms with Crippen molar-refractivity contribution in [2.75, 3.05) is 0 Å². The van der Waals surface area contributed by atoms with E-state index in [2.05, 4.69) is 11.9 Å². The highest BCUT2D eigenvalue weighted by Gasteiger charge is 2.63. The number of benzene rings is 3. The Kier molecular flexibility index (Phi) is 9.04. The van der Waals surface area contributed by atoms with Crippen molar-refractivity contribution < 1.29 is 23.9 Å². The molecule has 1 fully saturated rings. The van der Waals surface area contributed by atoms with Crippen LogP contribution in [0.15, 0.2) is 91.5 Å². The van der Waals surface area contributed by atoms with Crippen LogP contribution < -0.4 is 10.1 Å². The number of carbonyl (C=O) groups excluding carboxylic acids is 3. The smallest absolute Gasteiger partial charge is 0.338 e. The van der Waals surface area contributed by atoms with Crippen LogP contribution in [-0.4, -0.2) is 29.0 Å². The molecular formula is C33H36N2O5. The molecule has 1 heterocycles. The third-order valence-corrected chi connectivity index (χ3v) is 7.56. The fraction of sp³-hybridized carbons (Fsp3) is 0.303. The number of amides is 3. The van der Waals surface area contributed by atoms with Gasteiger partial charge >= 0.3 is 12.0 Å². The average Bonchev–Trinajstić information content (AvgIpc) is 2.97. The number of ether oxygens (including phenoxy) is 2. The Morgan fingerprint density at radius 2 is 1.65 bits per heavy atom. The number of nitrogens with zero attached hydrogens (tertiary/aromatic N) is 1. The van der Waals surface area contributed by atoms with Crippen LogP contribution >= 0.6 is 0 Å². The summed E-state index contributed by atoms with van der Waals surface area (Å²) in [5.41, 5.74) is 2.51. The van der Waals surface area contributed by atoms with E-state index in [-0.39, 0.29) is 18.6 Å². The van der Waals surface area contributed by atoms with Gasteiger partial charge in [0, 0.05) is 0 Å². The van der Waals surface area contributed by atoms with Crippen LogP contribution in [0.3, 0.4) is 0 Å². The van der Waals surface area contributed by atoms with Gasteiger partial charge in [-0.1, -0.05) is 80.1 Å². The number of β-lactam (4-membered cyclic amide) rings is 1. The van der Waals surface area contributed by atoms with E-state index in [4.69, 9.17) is 9.47 Å². The molecule has 0 spiro atoms.